The average Bonchev–Trinajstić information content (AvgIpc) is 3.28. The van der Waals surface area contributed by atoms with Crippen LogP contribution >= 0.6 is 0 Å². The van der Waals surface area contributed by atoms with Crippen LogP contribution in [-0.4, -0.2) is 55.7 Å². The molecule has 0 heterocycles. The Morgan fingerprint density at radius 3 is 1.90 bits per heavy atom. The normalized spacial score (nSPS) is 21.9. The van der Waals surface area contributed by atoms with Crippen LogP contribution in [-0.2, 0) is 24.5 Å². The molecule has 2 rings (SSSR count). The van der Waals surface area contributed by atoms with Crippen molar-refractivity contribution in [1.82, 2.24) is 5.32 Å². The Hall–Kier alpha value is -1.30. The summed E-state index contributed by atoms with van der Waals surface area (Å²) < 4.78 is 21.9. The van der Waals surface area contributed by atoms with Gasteiger partial charge in [0.05, 0.1) is 18.3 Å². The third-order valence-corrected chi connectivity index (χ3v) is 26.0. The predicted octanol–water partition coefficient (Wildman–Crippen LogP) is 12.2. The first-order chi connectivity index (χ1) is 23.3. The number of benzene rings is 1. The molecule has 1 saturated carbocycles. The molecule has 0 spiro atoms. The van der Waals surface area contributed by atoms with Crippen molar-refractivity contribution in [3.05, 3.63) is 60.2 Å². The molecule has 292 valence electrons. The van der Waals surface area contributed by atoms with Crippen molar-refractivity contribution in [3.8, 4) is 0 Å². The highest BCUT2D eigenvalue weighted by Gasteiger charge is 2.50. The van der Waals surface area contributed by atoms with Gasteiger partial charge in [-0.15, -0.1) is 0 Å². The molecule has 1 N–H and O–H groups in total. The van der Waals surface area contributed by atoms with E-state index in [0.717, 1.165) is 38.5 Å². The first-order valence-electron chi connectivity index (χ1n) is 20.0. The van der Waals surface area contributed by atoms with E-state index in [-0.39, 0.29) is 45.3 Å². The highest BCUT2D eigenvalue weighted by Crippen LogP contribution is 2.48. The second kappa shape index (κ2) is 18.8. The van der Waals surface area contributed by atoms with E-state index >= 15 is 0 Å². The fourth-order valence-electron chi connectivity index (χ4n) is 6.03. The Bertz CT molecular complexity index is 1250. The molecule has 1 aliphatic carbocycles. The van der Waals surface area contributed by atoms with Gasteiger partial charge in [0.1, 0.15) is 0 Å². The van der Waals surface area contributed by atoms with Gasteiger partial charge in [0.25, 0.3) is 0 Å². The minimum absolute atomic E-state index is 0.0328. The summed E-state index contributed by atoms with van der Waals surface area (Å²) in [5.41, 5.74) is 1.35. The Labute approximate surface area is 318 Å². The molecule has 8 heteroatoms. The number of hydrogen-bond acceptors (Lipinski definition) is 4. The van der Waals surface area contributed by atoms with Crippen LogP contribution in [0.2, 0.25) is 54.4 Å². The van der Waals surface area contributed by atoms with Crippen molar-refractivity contribution in [2.75, 3.05) is 6.54 Å². The standard InChI is InChI=1S/C43H79NO4Si3/c1-17-44-40(45)28-24-19-18-23-27-36-37(32-31-35(46-49(11,12)41(2,3)4)30-29-34-25-21-20-22-26-34)39(48-51(15,16)43(8,9)10)33-38(36)47-50(13,14)42(5,6)7/h18,20-23,25-26,31-32,35-39H,17,19,24,27-30,33H2,1-16H3,(H,44,45)/b23-18-,32-31+/t35-,36+,37+,38-,39+/m0/s1. The molecule has 0 aromatic heterocycles. The number of nitrogens with one attached hydrogen (secondary N) is 1. The van der Waals surface area contributed by atoms with E-state index in [1.807, 2.05) is 6.92 Å². The number of carbonyl (C=O) groups is 1. The van der Waals surface area contributed by atoms with Gasteiger partial charge in [-0.1, -0.05) is 117 Å². The van der Waals surface area contributed by atoms with E-state index in [0.29, 0.717) is 18.9 Å². The topological polar surface area (TPSA) is 56.8 Å². The van der Waals surface area contributed by atoms with Gasteiger partial charge in [-0.2, -0.15) is 0 Å². The van der Waals surface area contributed by atoms with Gasteiger partial charge in [-0.05, 0) is 111 Å². The fourth-order valence-corrected chi connectivity index (χ4v) is 10.1. The molecule has 1 aromatic rings. The van der Waals surface area contributed by atoms with E-state index in [4.69, 9.17) is 13.3 Å². The number of unbranched alkanes of at least 4 members (excludes halogenated alkanes) is 1. The Morgan fingerprint density at radius 2 is 1.37 bits per heavy atom. The number of carbonyl (C=O) groups excluding carboxylic acids is 1. The Balaban J connectivity index is 2.55. The van der Waals surface area contributed by atoms with Crippen molar-refractivity contribution < 1.29 is 18.1 Å². The highest BCUT2D eigenvalue weighted by molar-refractivity contribution is 6.75. The molecule has 1 aliphatic rings. The molecule has 5 atom stereocenters. The fraction of sp³-hybridized carbons (Fsp3) is 0.744. The molecule has 51 heavy (non-hydrogen) atoms. The Kier molecular flexibility index (Phi) is 16.9. The summed E-state index contributed by atoms with van der Waals surface area (Å²) in [6, 6.07) is 10.8. The van der Waals surface area contributed by atoms with E-state index in [9.17, 15) is 4.79 Å². The summed E-state index contributed by atoms with van der Waals surface area (Å²) in [6.07, 6.45) is 15.9. The zero-order valence-electron chi connectivity index (χ0n) is 35.9. The van der Waals surface area contributed by atoms with E-state index in [1.54, 1.807) is 0 Å². The summed E-state index contributed by atoms with van der Waals surface area (Å²) in [6.45, 7) is 38.0. The molecule has 5 nitrogen and oxygen atoms in total. The maximum atomic E-state index is 12.0. The molecule has 0 bridgehead atoms. The smallest absolute Gasteiger partial charge is 0.219 e. The van der Waals surface area contributed by atoms with Crippen LogP contribution in [0, 0.1) is 11.8 Å². The van der Waals surface area contributed by atoms with Crippen LogP contribution in [0.3, 0.4) is 0 Å². The summed E-state index contributed by atoms with van der Waals surface area (Å²) in [4.78, 5) is 12.0. The van der Waals surface area contributed by atoms with Gasteiger partial charge >= 0.3 is 0 Å². The minimum atomic E-state index is -2.07. The van der Waals surface area contributed by atoms with Crippen LogP contribution in [0.4, 0.5) is 0 Å². The lowest BCUT2D eigenvalue weighted by molar-refractivity contribution is -0.121. The van der Waals surface area contributed by atoms with Gasteiger partial charge in [0.2, 0.25) is 5.91 Å². The summed E-state index contributed by atoms with van der Waals surface area (Å²) >= 11 is 0. The average molecular weight is 758 g/mol. The first-order valence-corrected chi connectivity index (χ1v) is 28.7. The zero-order valence-corrected chi connectivity index (χ0v) is 38.9. The molecule has 0 saturated heterocycles. The van der Waals surface area contributed by atoms with Crippen LogP contribution in [0.25, 0.3) is 0 Å². The molecule has 1 amide bonds. The lowest BCUT2D eigenvalue weighted by atomic mass is 9.89. The van der Waals surface area contributed by atoms with Crippen LogP contribution < -0.4 is 5.32 Å². The number of rotatable bonds is 18. The summed E-state index contributed by atoms with van der Waals surface area (Å²) in [7, 11) is -6.15. The number of amides is 1. The van der Waals surface area contributed by atoms with Crippen LogP contribution in [0.5, 0.6) is 0 Å². The number of aryl methyl sites for hydroxylation is 1. The van der Waals surface area contributed by atoms with Crippen LogP contribution in [0.15, 0.2) is 54.6 Å². The quantitative estimate of drug-likeness (QED) is 0.0920. The third-order valence-electron chi connectivity index (χ3n) is 12.5. The van der Waals surface area contributed by atoms with Crippen molar-refractivity contribution in [2.45, 2.75) is 187 Å². The van der Waals surface area contributed by atoms with Gasteiger partial charge in [0.15, 0.2) is 25.0 Å². The minimum Gasteiger partial charge on any atom is -0.414 e. The molecule has 0 unspecified atom stereocenters. The van der Waals surface area contributed by atoms with Crippen molar-refractivity contribution in [1.29, 1.82) is 0 Å². The highest BCUT2D eigenvalue weighted by atomic mass is 28.4. The maximum absolute atomic E-state index is 12.0. The monoisotopic (exact) mass is 758 g/mol. The van der Waals surface area contributed by atoms with E-state index < -0.39 is 25.0 Å². The zero-order chi connectivity index (χ0) is 38.9. The largest absolute Gasteiger partial charge is 0.414 e. The molecule has 1 aromatic carbocycles. The molecule has 0 aliphatic heterocycles. The van der Waals surface area contributed by atoms with E-state index in [2.05, 4.69) is 162 Å². The predicted molar refractivity (Wildman–Crippen MR) is 228 cm³/mol. The molecule has 0 radical (unpaired) electrons. The van der Waals surface area contributed by atoms with Gasteiger partial charge < -0.3 is 18.6 Å². The van der Waals surface area contributed by atoms with E-state index in [1.165, 1.54) is 5.56 Å². The summed E-state index contributed by atoms with van der Waals surface area (Å²) in [5, 5.41) is 3.28. The molecular formula is C43H79NO4Si3. The second-order valence-corrected chi connectivity index (χ2v) is 34.0. The lowest BCUT2D eigenvalue weighted by Crippen LogP contribution is -2.45. The van der Waals surface area contributed by atoms with Crippen molar-refractivity contribution >= 4 is 30.9 Å². The van der Waals surface area contributed by atoms with Crippen LogP contribution in [0.1, 0.15) is 113 Å². The lowest BCUT2D eigenvalue weighted by Gasteiger charge is -2.40. The molecule has 1 fully saturated rings. The molecular weight excluding hydrogens is 679 g/mol. The summed E-state index contributed by atoms with van der Waals surface area (Å²) in [5.74, 6) is 0.658. The number of hydrogen-bond donors (Lipinski definition) is 1. The Morgan fingerprint density at radius 1 is 0.824 bits per heavy atom. The third kappa shape index (κ3) is 14.1. The number of allylic oxidation sites excluding steroid dienone is 2. The SMILES string of the molecule is CCNC(=O)CCC/C=C\C[C@@H]1[C@@H](/C=C/[C@H](CCc2ccccc2)O[Si](C)(C)C(C)(C)C)[C@H](O[Si](C)(C)C(C)(C)C)C[C@@H]1O[Si](C)(C)C(C)(C)C. The van der Waals surface area contributed by atoms with Crippen molar-refractivity contribution in [3.63, 3.8) is 0 Å². The second-order valence-electron chi connectivity index (χ2n) is 19.7. The van der Waals surface area contributed by atoms with Gasteiger partial charge in [0, 0.05) is 18.9 Å². The first kappa shape index (κ1) is 45.9. The van der Waals surface area contributed by atoms with Crippen molar-refractivity contribution in [2.24, 2.45) is 11.8 Å². The van der Waals surface area contributed by atoms with Gasteiger partial charge in [-0.25, -0.2) is 0 Å². The maximum Gasteiger partial charge on any atom is 0.219 e. The van der Waals surface area contributed by atoms with Gasteiger partial charge in [-0.3, -0.25) is 4.79 Å².